The molecule has 0 saturated heterocycles. The fourth-order valence-electron chi connectivity index (χ4n) is 2.53. The van der Waals surface area contributed by atoms with Gasteiger partial charge in [-0.05, 0) is 0 Å². The van der Waals surface area contributed by atoms with Crippen molar-refractivity contribution in [1.29, 1.82) is 0 Å². The Balaban J connectivity index is 0.000000159. The SMILES string of the molecule is CC[CH]=[Zr]([Cl])[Cl].Cc1cc[cH-]c1.c1ccc2c(c1)[cH-]c1ccccc12. The van der Waals surface area contributed by atoms with E-state index >= 15 is 0 Å². The topological polar surface area (TPSA) is 0 Å². The maximum atomic E-state index is 5.48. The Morgan fingerprint density at radius 2 is 1.48 bits per heavy atom. The van der Waals surface area contributed by atoms with Gasteiger partial charge >= 0.3 is 53.0 Å². The van der Waals surface area contributed by atoms with Crippen LogP contribution in [0.15, 0.2) is 78.9 Å². The molecule has 0 unspecified atom stereocenters. The summed E-state index contributed by atoms with van der Waals surface area (Å²) in [4.78, 5) is 0. The van der Waals surface area contributed by atoms with Gasteiger partial charge in [0, 0.05) is 0 Å². The molecule has 4 aromatic carbocycles. The minimum Gasteiger partial charge on any atom is -0.211 e. The molecule has 0 aliphatic rings. The van der Waals surface area contributed by atoms with Crippen LogP contribution >= 0.6 is 17.0 Å². The molecule has 4 aromatic rings. The smallest absolute Gasteiger partial charge is 0.0771 e. The van der Waals surface area contributed by atoms with Gasteiger partial charge in [-0.15, -0.1) is 39.7 Å². The maximum Gasteiger partial charge on any atom is -0.0771 e. The molecule has 0 spiro atoms. The summed E-state index contributed by atoms with van der Waals surface area (Å²) in [6.07, 6.45) is 1.03. The molecule has 0 N–H and O–H groups in total. The third-order valence-electron chi connectivity index (χ3n) is 3.71. The van der Waals surface area contributed by atoms with Crippen molar-refractivity contribution >= 4 is 42.3 Å². The molecule has 0 aliphatic heterocycles. The van der Waals surface area contributed by atoms with Gasteiger partial charge in [0.15, 0.2) is 0 Å². The summed E-state index contributed by atoms with van der Waals surface area (Å²) >= 11 is -1.80. The second-order valence-electron chi connectivity index (χ2n) is 5.68. The molecule has 130 valence electrons. The Bertz CT molecular complexity index is 863. The first-order valence-electron chi connectivity index (χ1n) is 8.34. The maximum absolute atomic E-state index is 5.48. The first-order valence-corrected chi connectivity index (χ1v) is 16.1. The van der Waals surface area contributed by atoms with E-state index in [-0.39, 0.29) is 0 Å². The standard InChI is InChI=1S/C13H9.C6H7.C3H6.2ClH.Zr/c1-3-7-12-10(5-1)9-11-6-2-4-8-13(11)12;1-6-4-2-3-5-6;1-3-2;;;/h1-9H;2-5H,1H3;1H,3H2,2H3;2*1H;/q2*-1;;;;+2/p-2. The molecule has 0 aliphatic carbocycles. The molecule has 0 nitrogen and oxygen atoms in total. The van der Waals surface area contributed by atoms with Crippen LogP contribution in [0, 0.1) is 6.92 Å². The summed E-state index contributed by atoms with van der Waals surface area (Å²) in [5.41, 5.74) is 1.34. The first-order chi connectivity index (χ1) is 12.1. The molecule has 0 atom stereocenters. The van der Waals surface area contributed by atoms with Crippen molar-refractivity contribution < 1.29 is 18.9 Å². The monoisotopic (exact) mass is 446 g/mol. The van der Waals surface area contributed by atoms with Gasteiger partial charge in [-0.25, -0.2) is 11.6 Å². The second-order valence-corrected chi connectivity index (χ2v) is 14.1. The van der Waals surface area contributed by atoms with E-state index in [1.54, 1.807) is 0 Å². The zero-order valence-electron chi connectivity index (χ0n) is 14.5. The molecule has 4 rings (SSSR count). The molecule has 0 aromatic heterocycles. The van der Waals surface area contributed by atoms with Crippen LogP contribution in [0.5, 0.6) is 0 Å². The van der Waals surface area contributed by atoms with E-state index in [2.05, 4.69) is 73.7 Å². The van der Waals surface area contributed by atoms with Crippen molar-refractivity contribution in [2.45, 2.75) is 20.3 Å². The van der Waals surface area contributed by atoms with Crippen LogP contribution in [0.2, 0.25) is 0 Å². The summed E-state index contributed by atoms with van der Waals surface area (Å²) in [5.74, 6) is 0. The number of rotatable bonds is 1. The predicted octanol–water partition coefficient (Wildman–Crippen LogP) is 7.55. The number of aryl methyl sites for hydroxylation is 1. The fourth-order valence-corrected chi connectivity index (χ4v) is 5.11. The number of hydrogen-bond acceptors (Lipinski definition) is 0. The number of benzene rings is 2. The molecular formula is C22H22Cl2Zr-2. The number of hydrogen-bond donors (Lipinski definition) is 0. The minimum absolute atomic E-state index is 1.03. The van der Waals surface area contributed by atoms with Crippen LogP contribution in [0.4, 0.5) is 0 Å². The third-order valence-corrected chi connectivity index (χ3v) is 7.30. The van der Waals surface area contributed by atoms with E-state index in [4.69, 9.17) is 17.0 Å². The van der Waals surface area contributed by atoms with Crippen LogP contribution in [0.3, 0.4) is 0 Å². The van der Waals surface area contributed by atoms with E-state index in [9.17, 15) is 0 Å². The zero-order chi connectivity index (χ0) is 18.1. The van der Waals surface area contributed by atoms with Crippen molar-refractivity contribution in [3.63, 3.8) is 0 Å². The van der Waals surface area contributed by atoms with Crippen LogP contribution in [-0.4, -0.2) is 3.71 Å². The van der Waals surface area contributed by atoms with Gasteiger partial charge in [0.1, 0.15) is 0 Å². The molecule has 0 saturated carbocycles. The summed E-state index contributed by atoms with van der Waals surface area (Å²) in [5, 5.41) is 5.39. The summed E-state index contributed by atoms with van der Waals surface area (Å²) < 4.78 is 2.02. The van der Waals surface area contributed by atoms with Gasteiger partial charge in [0.25, 0.3) is 0 Å². The number of halogens is 2. The molecule has 0 heterocycles. The molecular weight excluding hydrogens is 426 g/mol. The van der Waals surface area contributed by atoms with Gasteiger partial charge < -0.3 is 0 Å². The van der Waals surface area contributed by atoms with Crippen LogP contribution in [0.25, 0.3) is 21.5 Å². The average Bonchev–Trinajstić information content (AvgIpc) is 3.22. The van der Waals surface area contributed by atoms with E-state index in [1.807, 2.05) is 22.8 Å². The van der Waals surface area contributed by atoms with E-state index in [0.717, 1.165) is 6.42 Å². The molecule has 0 bridgehead atoms. The quantitative estimate of drug-likeness (QED) is 0.264. The van der Waals surface area contributed by atoms with Gasteiger partial charge in [-0.3, -0.25) is 0 Å². The van der Waals surface area contributed by atoms with Gasteiger partial charge in [0.05, 0.1) is 0 Å². The van der Waals surface area contributed by atoms with Crippen LogP contribution < -0.4 is 0 Å². The van der Waals surface area contributed by atoms with Crippen molar-refractivity contribution in [1.82, 2.24) is 0 Å². The Hall–Kier alpha value is -1.01. The van der Waals surface area contributed by atoms with E-state index in [0.29, 0.717) is 0 Å². The van der Waals surface area contributed by atoms with Crippen LogP contribution in [-0.2, 0) is 18.9 Å². The minimum atomic E-state index is -1.80. The van der Waals surface area contributed by atoms with Crippen molar-refractivity contribution in [2.24, 2.45) is 0 Å². The zero-order valence-corrected chi connectivity index (χ0v) is 18.5. The number of fused-ring (bicyclic) bond motifs is 3. The summed E-state index contributed by atoms with van der Waals surface area (Å²) in [6.45, 7) is 4.13. The van der Waals surface area contributed by atoms with Crippen molar-refractivity contribution in [3.05, 3.63) is 84.4 Å². The normalized spacial score (nSPS) is 9.76. The van der Waals surface area contributed by atoms with Crippen molar-refractivity contribution in [3.8, 4) is 0 Å². The molecule has 25 heavy (non-hydrogen) atoms. The summed E-state index contributed by atoms with van der Waals surface area (Å²) in [6, 6.07) is 27.5. The third kappa shape index (κ3) is 6.66. The second kappa shape index (κ2) is 10.9. The largest absolute Gasteiger partial charge is 0.211 e. The Morgan fingerprint density at radius 1 is 0.920 bits per heavy atom. The van der Waals surface area contributed by atoms with Gasteiger partial charge in [0.2, 0.25) is 0 Å². The van der Waals surface area contributed by atoms with Gasteiger partial charge in [-0.1, -0.05) is 43.3 Å². The molecule has 0 amide bonds. The molecule has 3 heteroatoms. The average molecular weight is 449 g/mol. The molecule has 0 fully saturated rings. The van der Waals surface area contributed by atoms with E-state index in [1.165, 1.54) is 27.1 Å². The summed E-state index contributed by atoms with van der Waals surface area (Å²) in [7, 11) is 11.0. The van der Waals surface area contributed by atoms with Gasteiger partial charge in [-0.2, -0.15) is 18.2 Å². The predicted molar refractivity (Wildman–Crippen MR) is 112 cm³/mol. The van der Waals surface area contributed by atoms with Crippen molar-refractivity contribution in [2.75, 3.05) is 0 Å². The molecule has 0 radical (unpaired) electrons. The fraction of sp³-hybridized carbons (Fsp3) is 0.136. The van der Waals surface area contributed by atoms with E-state index < -0.39 is 18.9 Å². The Labute approximate surface area is 165 Å². The first kappa shape index (κ1) is 20.3. The Morgan fingerprint density at radius 3 is 1.80 bits per heavy atom. The van der Waals surface area contributed by atoms with Crippen LogP contribution in [0.1, 0.15) is 18.9 Å². The Kier molecular flexibility index (Phi) is 8.83.